The molecule has 5 nitrogen and oxygen atoms in total. The largest absolute Gasteiger partial charge is 0.360 e. The first-order chi connectivity index (χ1) is 8.08. The summed E-state index contributed by atoms with van der Waals surface area (Å²) < 4.78 is 43.2. The van der Waals surface area contributed by atoms with E-state index in [0.717, 1.165) is 12.1 Å². The van der Waals surface area contributed by atoms with Gasteiger partial charge in [-0.25, -0.2) is 17.5 Å². The molecule has 0 amide bonds. The zero-order valence-electron chi connectivity index (χ0n) is 8.63. The maximum Gasteiger partial charge on any atom is 0.240 e. The van der Waals surface area contributed by atoms with Crippen molar-refractivity contribution >= 4 is 10.0 Å². The molecule has 0 saturated carbocycles. The lowest BCUT2D eigenvalue weighted by molar-refractivity contribution is 0.380. The molecule has 2 aromatic rings. The highest BCUT2D eigenvalue weighted by Crippen LogP contribution is 2.10. The highest BCUT2D eigenvalue weighted by Gasteiger charge is 2.14. The van der Waals surface area contributed by atoms with Gasteiger partial charge in [-0.05, 0) is 24.3 Å². The van der Waals surface area contributed by atoms with Crippen LogP contribution in [0.1, 0.15) is 5.76 Å². The van der Waals surface area contributed by atoms with E-state index in [9.17, 15) is 12.8 Å². The smallest absolute Gasteiger partial charge is 0.240 e. The molecule has 1 aromatic carbocycles. The fourth-order valence-electron chi connectivity index (χ4n) is 1.20. The Morgan fingerprint density at radius 2 is 1.94 bits per heavy atom. The van der Waals surface area contributed by atoms with Crippen LogP contribution in [0.25, 0.3) is 0 Å². The quantitative estimate of drug-likeness (QED) is 0.894. The number of sulfonamides is 1. The average Bonchev–Trinajstić information content (AvgIpc) is 2.80. The number of hydrogen-bond donors (Lipinski definition) is 1. The second-order valence-electron chi connectivity index (χ2n) is 3.26. The van der Waals surface area contributed by atoms with Crippen LogP contribution in [-0.4, -0.2) is 13.6 Å². The van der Waals surface area contributed by atoms with E-state index in [1.54, 1.807) is 6.07 Å². The molecule has 2 rings (SSSR count). The van der Waals surface area contributed by atoms with Crippen LogP contribution in [0.3, 0.4) is 0 Å². The summed E-state index contributed by atoms with van der Waals surface area (Å²) in [6.07, 6.45) is 1.42. The lowest BCUT2D eigenvalue weighted by Gasteiger charge is -2.04. The molecule has 17 heavy (non-hydrogen) atoms. The molecule has 0 unspecified atom stereocenters. The van der Waals surface area contributed by atoms with E-state index >= 15 is 0 Å². The van der Waals surface area contributed by atoms with Crippen LogP contribution < -0.4 is 4.72 Å². The average molecular weight is 256 g/mol. The number of benzene rings is 1. The predicted molar refractivity (Wildman–Crippen MR) is 56.9 cm³/mol. The topological polar surface area (TPSA) is 72.2 Å². The SMILES string of the molecule is O=S(=O)(NCc1ccno1)c1ccc(F)cc1. The normalized spacial score (nSPS) is 11.6. The second-order valence-corrected chi connectivity index (χ2v) is 5.02. The third kappa shape index (κ3) is 2.89. The van der Waals surface area contributed by atoms with Gasteiger partial charge in [0.25, 0.3) is 0 Å². The number of nitrogens with one attached hydrogen (secondary N) is 1. The number of rotatable bonds is 4. The molecule has 1 N–H and O–H groups in total. The lowest BCUT2D eigenvalue weighted by atomic mass is 10.4. The summed E-state index contributed by atoms with van der Waals surface area (Å²) in [6, 6.07) is 6.11. The first-order valence-corrected chi connectivity index (χ1v) is 6.21. The van der Waals surface area contributed by atoms with Gasteiger partial charge in [-0.1, -0.05) is 5.16 Å². The van der Waals surface area contributed by atoms with Crippen molar-refractivity contribution in [3.05, 3.63) is 48.1 Å². The highest BCUT2D eigenvalue weighted by molar-refractivity contribution is 7.89. The molecule has 1 aromatic heterocycles. The van der Waals surface area contributed by atoms with Crippen molar-refractivity contribution in [2.45, 2.75) is 11.4 Å². The summed E-state index contributed by atoms with van der Waals surface area (Å²) in [5, 5.41) is 3.45. The predicted octanol–water partition coefficient (Wildman–Crippen LogP) is 1.29. The number of aromatic nitrogens is 1. The summed E-state index contributed by atoms with van der Waals surface area (Å²) in [7, 11) is -3.66. The van der Waals surface area contributed by atoms with Crippen LogP contribution in [0.15, 0.2) is 45.9 Å². The Morgan fingerprint density at radius 3 is 2.53 bits per heavy atom. The Morgan fingerprint density at radius 1 is 1.24 bits per heavy atom. The maximum atomic E-state index is 12.6. The van der Waals surface area contributed by atoms with Crippen molar-refractivity contribution in [3.8, 4) is 0 Å². The van der Waals surface area contributed by atoms with Gasteiger partial charge in [-0.15, -0.1) is 0 Å². The molecule has 1 heterocycles. The molecule has 0 atom stereocenters. The van der Waals surface area contributed by atoms with Gasteiger partial charge in [-0.2, -0.15) is 0 Å². The second kappa shape index (κ2) is 4.64. The van der Waals surface area contributed by atoms with Crippen molar-refractivity contribution in [1.29, 1.82) is 0 Å². The Hall–Kier alpha value is -1.73. The first-order valence-electron chi connectivity index (χ1n) is 4.73. The zero-order valence-corrected chi connectivity index (χ0v) is 9.45. The van der Waals surface area contributed by atoms with Gasteiger partial charge < -0.3 is 4.52 Å². The van der Waals surface area contributed by atoms with E-state index < -0.39 is 15.8 Å². The van der Waals surface area contributed by atoms with Gasteiger partial charge in [0.05, 0.1) is 17.6 Å². The monoisotopic (exact) mass is 256 g/mol. The third-order valence-electron chi connectivity index (χ3n) is 2.05. The summed E-state index contributed by atoms with van der Waals surface area (Å²) >= 11 is 0. The van der Waals surface area contributed by atoms with Gasteiger partial charge in [-0.3, -0.25) is 0 Å². The summed E-state index contributed by atoms with van der Waals surface area (Å²) in [6.45, 7) is -0.000288. The molecule has 0 aliphatic carbocycles. The Balaban J connectivity index is 2.11. The summed E-state index contributed by atoms with van der Waals surface area (Å²) in [5.41, 5.74) is 0. The molecule has 0 aliphatic heterocycles. The molecule has 7 heteroatoms. The molecule has 90 valence electrons. The number of hydrogen-bond acceptors (Lipinski definition) is 4. The van der Waals surface area contributed by atoms with Crippen LogP contribution >= 0.6 is 0 Å². The molecule has 0 bridgehead atoms. The van der Waals surface area contributed by atoms with E-state index in [4.69, 9.17) is 4.52 Å². The van der Waals surface area contributed by atoms with E-state index in [-0.39, 0.29) is 11.4 Å². The standard InChI is InChI=1S/C10H9FN2O3S/c11-8-1-3-10(4-2-8)17(14,15)13-7-9-5-6-12-16-9/h1-6,13H,7H2. The Kier molecular flexibility index (Phi) is 3.21. The van der Waals surface area contributed by atoms with Gasteiger partial charge in [0.1, 0.15) is 5.82 Å². The van der Waals surface area contributed by atoms with Gasteiger partial charge >= 0.3 is 0 Å². The molecule has 0 spiro atoms. The van der Waals surface area contributed by atoms with Gasteiger partial charge in [0, 0.05) is 6.07 Å². The number of nitrogens with zero attached hydrogens (tertiary/aromatic N) is 1. The Bertz CT molecular complexity index is 579. The summed E-state index contributed by atoms with van der Waals surface area (Å²) in [5.74, 6) is -0.0881. The molecule has 0 saturated heterocycles. The van der Waals surface area contributed by atoms with Crippen molar-refractivity contribution in [2.24, 2.45) is 0 Å². The molecule has 0 fully saturated rings. The maximum absolute atomic E-state index is 12.6. The van der Waals surface area contributed by atoms with Gasteiger partial charge in [0.2, 0.25) is 10.0 Å². The zero-order chi connectivity index (χ0) is 12.3. The fraction of sp³-hybridized carbons (Fsp3) is 0.100. The highest BCUT2D eigenvalue weighted by atomic mass is 32.2. The van der Waals surface area contributed by atoms with Crippen LogP contribution in [0.2, 0.25) is 0 Å². The molecular formula is C10H9FN2O3S. The Labute approximate surface area is 97.3 Å². The van der Waals surface area contributed by atoms with Crippen molar-refractivity contribution < 1.29 is 17.3 Å². The van der Waals surface area contributed by atoms with Crippen LogP contribution in [-0.2, 0) is 16.6 Å². The molecule has 0 radical (unpaired) electrons. The lowest BCUT2D eigenvalue weighted by Crippen LogP contribution is -2.22. The van der Waals surface area contributed by atoms with Gasteiger partial charge in [0.15, 0.2) is 5.76 Å². The fourth-order valence-corrected chi connectivity index (χ4v) is 2.19. The van der Waals surface area contributed by atoms with Crippen molar-refractivity contribution in [3.63, 3.8) is 0 Å². The number of halogens is 1. The third-order valence-corrected chi connectivity index (χ3v) is 3.47. The minimum Gasteiger partial charge on any atom is -0.360 e. The van der Waals surface area contributed by atoms with E-state index in [0.29, 0.717) is 5.76 Å². The molecule has 0 aliphatic rings. The molecular weight excluding hydrogens is 247 g/mol. The van der Waals surface area contributed by atoms with Crippen molar-refractivity contribution in [1.82, 2.24) is 9.88 Å². The first kappa shape index (κ1) is 11.7. The van der Waals surface area contributed by atoms with E-state index in [2.05, 4.69) is 9.88 Å². The summed E-state index contributed by atoms with van der Waals surface area (Å²) in [4.78, 5) is -0.00147. The van der Waals surface area contributed by atoms with E-state index in [1.807, 2.05) is 0 Å². The van der Waals surface area contributed by atoms with Crippen LogP contribution in [0.5, 0.6) is 0 Å². The van der Waals surface area contributed by atoms with Crippen LogP contribution in [0, 0.1) is 5.82 Å². The van der Waals surface area contributed by atoms with Crippen molar-refractivity contribution in [2.75, 3.05) is 0 Å². The minimum absolute atomic E-state index is 0.000288. The van der Waals surface area contributed by atoms with Crippen LogP contribution in [0.4, 0.5) is 4.39 Å². The minimum atomic E-state index is -3.66. The van der Waals surface area contributed by atoms with E-state index in [1.165, 1.54) is 18.3 Å².